The summed E-state index contributed by atoms with van der Waals surface area (Å²) in [7, 11) is 0. The maximum atomic E-state index is 12.2. The molecular formula is C19H21BrN2O4. The van der Waals surface area contributed by atoms with Crippen LogP contribution in [0.3, 0.4) is 0 Å². The van der Waals surface area contributed by atoms with Crippen molar-refractivity contribution < 1.29 is 19.8 Å². The van der Waals surface area contributed by atoms with Crippen molar-refractivity contribution in [2.45, 2.75) is 31.0 Å². The van der Waals surface area contributed by atoms with Gasteiger partial charge in [-0.15, -0.1) is 0 Å². The first kappa shape index (κ1) is 20.1. The fraction of sp³-hybridized carbons (Fsp3) is 0.263. The Morgan fingerprint density at radius 3 is 2.27 bits per heavy atom. The van der Waals surface area contributed by atoms with Crippen LogP contribution in [0.2, 0.25) is 0 Å². The molecule has 1 amide bonds. The molecule has 7 heteroatoms. The van der Waals surface area contributed by atoms with Gasteiger partial charge in [-0.3, -0.25) is 4.79 Å². The predicted molar refractivity (Wildman–Crippen MR) is 102 cm³/mol. The maximum absolute atomic E-state index is 12.2. The van der Waals surface area contributed by atoms with E-state index < -0.39 is 30.1 Å². The number of aliphatic hydroxyl groups is 1. The highest BCUT2D eigenvalue weighted by atomic mass is 79.9. The molecule has 3 atom stereocenters. The summed E-state index contributed by atoms with van der Waals surface area (Å²) in [4.78, 5) is 23.7. The molecule has 0 spiro atoms. The smallest absolute Gasteiger partial charge is 0.326 e. The highest BCUT2D eigenvalue weighted by Crippen LogP contribution is 2.17. The fourth-order valence-electron chi connectivity index (χ4n) is 2.53. The normalized spacial score (nSPS) is 14.3. The molecular weight excluding hydrogens is 400 g/mol. The average molecular weight is 421 g/mol. The summed E-state index contributed by atoms with van der Waals surface area (Å²) in [6.45, 7) is 0. The van der Waals surface area contributed by atoms with E-state index in [1.54, 1.807) is 18.2 Å². The molecule has 0 radical (unpaired) electrons. The summed E-state index contributed by atoms with van der Waals surface area (Å²) < 4.78 is 0.752. The topological polar surface area (TPSA) is 113 Å². The van der Waals surface area contributed by atoms with E-state index in [0.29, 0.717) is 6.42 Å². The van der Waals surface area contributed by atoms with Crippen molar-refractivity contribution >= 4 is 27.8 Å². The van der Waals surface area contributed by atoms with E-state index in [1.807, 2.05) is 36.4 Å². The van der Waals surface area contributed by atoms with Crippen molar-refractivity contribution in [3.05, 3.63) is 70.2 Å². The van der Waals surface area contributed by atoms with Crippen molar-refractivity contribution in [3.63, 3.8) is 0 Å². The van der Waals surface area contributed by atoms with Crippen LogP contribution in [0.4, 0.5) is 0 Å². The first-order valence-electron chi connectivity index (χ1n) is 8.12. The minimum Gasteiger partial charge on any atom is -0.480 e. The van der Waals surface area contributed by atoms with Crippen LogP contribution in [0.15, 0.2) is 59.1 Å². The molecule has 1 unspecified atom stereocenters. The zero-order valence-corrected chi connectivity index (χ0v) is 15.6. The molecule has 0 aromatic heterocycles. The molecule has 0 aliphatic rings. The van der Waals surface area contributed by atoms with Gasteiger partial charge in [0.1, 0.15) is 12.1 Å². The molecule has 2 rings (SSSR count). The van der Waals surface area contributed by atoms with Crippen LogP contribution in [0, 0.1) is 0 Å². The number of carboxylic acids is 1. The Bertz CT molecular complexity index is 754. The van der Waals surface area contributed by atoms with Crippen LogP contribution in [0.25, 0.3) is 0 Å². The summed E-state index contributed by atoms with van der Waals surface area (Å²) in [6.07, 6.45) is -1.11. The summed E-state index contributed by atoms with van der Waals surface area (Å²) >= 11 is 3.35. The number of carbonyl (C=O) groups is 2. The minimum atomic E-state index is -1.50. The van der Waals surface area contributed by atoms with Gasteiger partial charge >= 0.3 is 5.97 Å². The molecule has 5 N–H and O–H groups in total. The van der Waals surface area contributed by atoms with Gasteiger partial charge in [0.25, 0.3) is 5.91 Å². The summed E-state index contributed by atoms with van der Waals surface area (Å²) in [5.74, 6) is -1.98. The van der Waals surface area contributed by atoms with Crippen LogP contribution < -0.4 is 11.1 Å². The molecule has 138 valence electrons. The van der Waals surface area contributed by atoms with Gasteiger partial charge < -0.3 is 21.3 Å². The number of aliphatic hydroxyl groups excluding tert-OH is 1. The number of nitrogens with two attached hydrogens (primary N) is 1. The van der Waals surface area contributed by atoms with Gasteiger partial charge in [0.2, 0.25) is 0 Å². The lowest BCUT2D eigenvalue weighted by atomic mass is 10.0. The third-order valence-electron chi connectivity index (χ3n) is 3.98. The molecule has 0 aliphatic heterocycles. The van der Waals surface area contributed by atoms with E-state index in [9.17, 15) is 19.8 Å². The monoisotopic (exact) mass is 420 g/mol. The molecule has 2 aromatic rings. The Kier molecular flexibility index (Phi) is 7.32. The standard InChI is InChI=1S/C19H21BrN2O4/c20-14-9-5-4-8-13(14)11-16(19(25)26)22-18(24)17(23)15(21)10-12-6-2-1-3-7-12/h1-9,15-17,23H,10-11,21H2,(H,22,24)(H,25,26)/t15-,16?,17+/m1/s1. The number of rotatable bonds is 8. The van der Waals surface area contributed by atoms with E-state index in [4.69, 9.17) is 5.73 Å². The van der Waals surface area contributed by atoms with Gasteiger partial charge in [-0.05, 0) is 23.6 Å². The number of carbonyl (C=O) groups excluding carboxylic acids is 1. The Labute approximate surface area is 160 Å². The Morgan fingerprint density at radius 2 is 1.65 bits per heavy atom. The van der Waals surface area contributed by atoms with Crippen LogP contribution in [0.1, 0.15) is 11.1 Å². The van der Waals surface area contributed by atoms with Gasteiger partial charge in [-0.1, -0.05) is 64.5 Å². The highest BCUT2D eigenvalue weighted by molar-refractivity contribution is 9.10. The van der Waals surface area contributed by atoms with Gasteiger partial charge in [-0.25, -0.2) is 4.79 Å². The number of hydrogen-bond donors (Lipinski definition) is 4. The van der Waals surface area contributed by atoms with Crippen LogP contribution in [0.5, 0.6) is 0 Å². The molecule has 26 heavy (non-hydrogen) atoms. The minimum absolute atomic E-state index is 0.0864. The predicted octanol–water partition coefficient (Wildman–Crippen LogP) is 1.49. The highest BCUT2D eigenvalue weighted by Gasteiger charge is 2.28. The second-order valence-electron chi connectivity index (χ2n) is 5.99. The molecule has 0 heterocycles. The van der Waals surface area contributed by atoms with Crippen molar-refractivity contribution in [1.29, 1.82) is 0 Å². The van der Waals surface area contributed by atoms with Crippen LogP contribution in [-0.4, -0.2) is 40.3 Å². The lowest BCUT2D eigenvalue weighted by Gasteiger charge is -2.21. The number of halogens is 1. The third kappa shape index (κ3) is 5.66. The molecule has 6 nitrogen and oxygen atoms in total. The van der Waals surface area contributed by atoms with Gasteiger partial charge in [-0.2, -0.15) is 0 Å². The van der Waals surface area contributed by atoms with E-state index in [2.05, 4.69) is 21.2 Å². The van der Waals surface area contributed by atoms with E-state index in [0.717, 1.165) is 15.6 Å². The quantitative estimate of drug-likeness (QED) is 0.516. The summed E-state index contributed by atoms with van der Waals surface area (Å²) in [5, 5.41) is 21.9. The number of hydrogen-bond acceptors (Lipinski definition) is 4. The number of nitrogens with one attached hydrogen (secondary N) is 1. The van der Waals surface area contributed by atoms with Crippen molar-refractivity contribution in [2.75, 3.05) is 0 Å². The van der Waals surface area contributed by atoms with Crippen LogP contribution >= 0.6 is 15.9 Å². The fourth-order valence-corrected chi connectivity index (χ4v) is 2.98. The van der Waals surface area contributed by atoms with Gasteiger partial charge in [0, 0.05) is 16.9 Å². The van der Waals surface area contributed by atoms with E-state index in [1.165, 1.54) is 0 Å². The molecule has 0 saturated carbocycles. The zero-order valence-electron chi connectivity index (χ0n) is 14.0. The molecule has 0 fully saturated rings. The van der Waals surface area contributed by atoms with Crippen molar-refractivity contribution in [3.8, 4) is 0 Å². The summed E-state index contributed by atoms with van der Waals surface area (Å²) in [5.41, 5.74) is 7.54. The maximum Gasteiger partial charge on any atom is 0.326 e. The Morgan fingerprint density at radius 1 is 1.04 bits per heavy atom. The second kappa shape index (κ2) is 9.47. The largest absolute Gasteiger partial charge is 0.480 e. The lowest BCUT2D eigenvalue weighted by Crippen LogP contribution is -2.52. The zero-order chi connectivity index (χ0) is 19.1. The lowest BCUT2D eigenvalue weighted by molar-refractivity contribution is -0.143. The number of benzene rings is 2. The molecule has 2 aromatic carbocycles. The average Bonchev–Trinajstić information content (AvgIpc) is 2.62. The van der Waals surface area contributed by atoms with Crippen LogP contribution in [-0.2, 0) is 22.4 Å². The van der Waals surface area contributed by atoms with Gasteiger partial charge in [0.05, 0.1) is 0 Å². The SMILES string of the molecule is N[C@H](Cc1ccccc1)[C@H](O)C(=O)NC(Cc1ccccc1Br)C(=O)O. The first-order valence-corrected chi connectivity index (χ1v) is 8.92. The second-order valence-corrected chi connectivity index (χ2v) is 6.85. The number of carboxylic acid groups (broad SMARTS) is 1. The summed E-state index contributed by atoms with van der Waals surface area (Å²) in [6, 6.07) is 14.4. The van der Waals surface area contributed by atoms with Crippen molar-refractivity contribution in [2.24, 2.45) is 5.73 Å². The van der Waals surface area contributed by atoms with E-state index >= 15 is 0 Å². The molecule has 0 saturated heterocycles. The number of aliphatic carboxylic acids is 1. The number of amides is 1. The van der Waals surface area contributed by atoms with Crippen molar-refractivity contribution in [1.82, 2.24) is 5.32 Å². The first-order chi connectivity index (χ1) is 12.4. The molecule has 0 bridgehead atoms. The van der Waals surface area contributed by atoms with Gasteiger partial charge in [0.15, 0.2) is 0 Å². The Balaban J connectivity index is 2.00. The third-order valence-corrected chi connectivity index (χ3v) is 4.76. The molecule has 0 aliphatic carbocycles. The Hall–Kier alpha value is -2.22. The van der Waals surface area contributed by atoms with E-state index in [-0.39, 0.29) is 6.42 Å².